The van der Waals surface area contributed by atoms with Crippen LogP contribution in [0.5, 0.6) is 0 Å². The van der Waals surface area contributed by atoms with Gasteiger partial charge in [0, 0.05) is 19.7 Å². The molecule has 6 heteroatoms. The Morgan fingerprint density at radius 2 is 1.96 bits per heavy atom. The number of hydrogen-bond acceptors (Lipinski definition) is 4. The Kier molecular flexibility index (Phi) is 10.9. The van der Waals surface area contributed by atoms with Crippen molar-refractivity contribution in [1.82, 2.24) is 10.6 Å². The average Bonchev–Trinajstić information content (AvgIpc) is 2.57. The Bertz CT molecular complexity index is 426. The molecule has 23 heavy (non-hydrogen) atoms. The number of aliphatic hydroxyl groups is 1. The van der Waals surface area contributed by atoms with Gasteiger partial charge in [-0.1, -0.05) is 30.3 Å². The van der Waals surface area contributed by atoms with E-state index in [1.165, 1.54) is 0 Å². The molecule has 1 aromatic carbocycles. The number of nitrogens with zero attached hydrogens (tertiary/aromatic N) is 1. The first-order valence-electron chi connectivity index (χ1n) is 8.15. The van der Waals surface area contributed by atoms with Gasteiger partial charge in [-0.3, -0.25) is 4.99 Å². The van der Waals surface area contributed by atoms with E-state index in [0.29, 0.717) is 38.9 Å². The standard InChI is InChI=1S/C17H29N3O3/c1-3-18-17(19-10-11-22-4-2)20-12-16(21)14-23-13-15-8-6-5-7-9-15/h5-9,16,21H,3-4,10-14H2,1-2H3,(H2,18,19,20). The molecule has 1 unspecified atom stereocenters. The van der Waals surface area contributed by atoms with Crippen LogP contribution in [0.2, 0.25) is 0 Å². The van der Waals surface area contributed by atoms with Gasteiger partial charge >= 0.3 is 0 Å². The lowest BCUT2D eigenvalue weighted by Crippen LogP contribution is -2.39. The smallest absolute Gasteiger partial charge is 0.191 e. The fourth-order valence-electron chi connectivity index (χ4n) is 1.86. The zero-order valence-corrected chi connectivity index (χ0v) is 14.1. The molecule has 1 atom stereocenters. The highest BCUT2D eigenvalue weighted by atomic mass is 16.5. The van der Waals surface area contributed by atoms with Crippen LogP contribution in [-0.4, -0.2) is 56.6 Å². The lowest BCUT2D eigenvalue weighted by atomic mass is 10.2. The van der Waals surface area contributed by atoms with E-state index in [9.17, 15) is 5.11 Å². The molecule has 0 fully saturated rings. The molecule has 1 rings (SSSR count). The third-order valence-corrected chi connectivity index (χ3v) is 2.97. The molecule has 0 aliphatic carbocycles. The van der Waals surface area contributed by atoms with E-state index in [0.717, 1.165) is 12.1 Å². The number of aliphatic hydroxyl groups excluding tert-OH is 1. The van der Waals surface area contributed by atoms with Crippen LogP contribution in [0.1, 0.15) is 19.4 Å². The minimum absolute atomic E-state index is 0.261. The van der Waals surface area contributed by atoms with Crippen molar-refractivity contribution in [3.05, 3.63) is 35.9 Å². The number of benzene rings is 1. The molecule has 0 heterocycles. The maximum atomic E-state index is 9.94. The summed E-state index contributed by atoms with van der Waals surface area (Å²) in [6, 6.07) is 9.89. The number of aliphatic imine (C=N–C) groups is 1. The Balaban J connectivity index is 2.24. The number of hydrogen-bond donors (Lipinski definition) is 3. The van der Waals surface area contributed by atoms with Crippen molar-refractivity contribution in [2.24, 2.45) is 4.99 Å². The molecular weight excluding hydrogens is 294 g/mol. The van der Waals surface area contributed by atoms with E-state index in [2.05, 4.69) is 15.6 Å². The van der Waals surface area contributed by atoms with Crippen molar-refractivity contribution in [2.75, 3.05) is 39.5 Å². The summed E-state index contributed by atoms with van der Waals surface area (Å²) in [6.07, 6.45) is -0.624. The van der Waals surface area contributed by atoms with Gasteiger partial charge < -0.3 is 25.2 Å². The van der Waals surface area contributed by atoms with Gasteiger partial charge in [0.05, 0.1) is 32.5 Å². The summed E-state index contributed by atoms with van der Waals surface area (Å²) in [5.41, 5.74) is 1.09. The van der Waals surface area contributed by atoms with Crippen LogP contribution in [0, 0.1) is 0 Å². The molecule has 0 aliphatic heterocycles. The lowest BCUT2D eigenvalue weighted by Gasteiger charge is -2.13. The summed E-state index contributed by atoms with van der Waals surface area (Å²) in [5.74, 6) is 0.675. The molecule has 0 spiro atoms. The van der Waals surface area contributed by atoms with Crippen molar-refractivity contribution < 1.29 is 14.6 Å². The Labute approximate surface area is 138 Å². The highest BCUT2D eigenvalue weighted by Crippen LogP contribution is 2.01. The highest BCUT2D eigenvalue weighted by Gasteiger charge is 2.05. The number of ether oxygens (including phenoxy) is 2. The molecule has 0 radical (unpaired) electrons. The minimum atomic E-state index is -0.624. The van der Waals surface area contributed by atoms with E-state index in [1.807, 2.05) is 44.2 Å². The van der Waals surface area contributed by atoms with Gasteiger partial charge in [-0.15, -0.1) is 0 Å². The summed E-state index contributed by atoms with van der Waals surface area (Å²) in [4.78, 5) is 4.35. The fourth-order valence-corrected chi connectivity index (χ4v) is 1.86. The van der Waals surface area contributed by atoms with Crippen LogP contribution < -0.4 is 10.6 Å². The van der Waals surface area contributed by atoms with Crippen molar-refractivity contribution in [3.63, 3.8) is 0 Å². The van der Waals surface area contributed by atoms with E-state index < -0.39 is 6.10 Å². The van der Waals surface area contributed by atoms with Crippen molar-refractivity contribution >= 4 is 5.96 Å². The summed E-state index contributed by atoms with van der Waals surface area (Å²) in [7, 11) is 0. The second kappa shape index (κ2) is 12.9. The van der Waals surface area contributed by atoms with Gasteiger partial charge in [-0.25, -0.2) is 0 Å². The maximum absolute atomic E-state index is 9.94. The summed E-state index contributed by atoms with van der Waals surface area (Å²) in [6.45, 7) is 7.78. The molecule has 0 saturated carbocycles. The van der Waals surface area contributed by atoms with Gasteiger partial charge in [0.2, 0.25) is 0 Å². The van der Waals surface area contributed by atoms with E-state index in [1.54, 1.807) is 0 Å². The van der Waals surface area contributed by atoms with Gasteiger partial charge in [0.1, 0.15) is 0 Å². The molecule has 130 valence electrons. The van der Waals surface area contributed by atoms with Crippen molar-refractivity contribution in [3.8, 4) is 0 Å². The first-order valence-corrected chi connectivity index (χ1v) is 8.15. The van der Waals surface area contributed by atoms with Crippen LogP contribution in [0.25, 0.3) is 0 Å². The van der Waals surface area contributed by atoms with Gasteiger partial charge in [0.15, 0.2) is 5.96 Å². The van der Waals surface area contributed by atoms with Gasteiger partial charge in [-0.05, 0) is 19.4 Å². The quantitative estimate of drug-likeness (QED) is 0.324. The van der Waals surface area contributed by atoms with Crippen LogP contribution in [0.3, 0.4) is 0 Å². The molecule has 0 bridgehead atoms. The van der Waals surface area contributed by atoms with Crippen LogP contribution in [0.4, 0.5) is 0 Å². The zero-order valence-electron chi connectivity index (χ0n) is 14.1. The summed E-state index contributed by atoms with van der Waals surface area (Å²) >= 11 is 0. The summed E-state index contributed by atoms with van der Waals surface area (Å²) in [5, 5.41) is 16.2. The first-order chi connectivity index (χ1) is 11.3. The number of guanidine groups is 1. The maximum Gasteiger partial charge on any atom is 0.191 e. The van der Waals surface area contributed by atoms with Crippen LogP contribution >= 0.6 is 0 Å². The molecule has 0 aliphatic rings. The van der Waals surface area contributed by atoms with E-state index in [4.69, 9.17) is 9.47 Å². The van der Waals surface area contributed by atoms with Gasteiger partial charge in [0.25, 0.3) is 0 Å². The van der Waals surface area contributed by atoms with E-state index in [-0.39, 0.29) is 6.61 Å². The van der Waals surface area contributed by atoms with E-state index >= 15 is 0 Å². The number of nitrogens with one attached hydrogen (secondary N) is 2. The van der Waals surface area contributed by atoms with Crippen LogP contribution in [-0.2, 0) is 16.1 Å². The zero-order chi connectivity index (χ0) is 16.8. The largest absolute Gasteiger partial charge is 0.389 e. The SMILES string of the molecule is CCNC(=NCC(O)COCc1ccccc1)NCCOCC. The molecule has 6 nitrogen and oxygen atoms in total. The molecule has 0 aromatic heterocycles. The Morgan fingerprint density at radius 3 is 2.65 bits per heavy atom. The highest BCUT2D eigenvalue weighted by molar-refractivity contribution is 5.79. The van der Waals surface area contributed by atoms with Crippen LogP contribution in [0.15, 0.2) is 35.3 Å². The molecule has 1 aromatic rings. The normalized spacial score (nSPS) is 12.9. The van der Waals surface area contributed by atoms with Crippen molar-refractivity contribution in [1.29, 1.82) is 0 Å². The second-order valence-corrected chi connectivity index (χ2v) is 5.00. The molecule has 3 N–H and O–H groups in total. The first kappa shape index (κ1) is 19.4. The molecule has 0 saturated heterocycles. The Morgan fingerprint density at radius 1 is 1.17 bits per heavy atom. The molecular formula is C17H29N3O3. The monoisotopic (exact) mass is 323 g/mol. The lowest BCUT2D eigenvalue weighted by molar-refractivity contribution is 0.0331. The predicted molar refractivity (Wildman–Crippen MR) is 92.6 cm³/mol. The topological polar surface area (TPSA) is 75.1 Å². The average molecular weight is 323 g/mol. The second-order valence-electron chi connectivity index (χ2n) is 5.00. The molecule has 0 amide bonds. The van der Waals surface area contributed by atoms with Crippen molar-refractivity contribution in [2.45, 2.75) is 26.6 Å². The fraction of sp³-hybridized carbons (Fsp3) is 0.588. The Hall–Kier alpha value is -1.63. The third kappa shape index (κ3) is 9.89. The van der Waals surface area contributed by atoms with Gasteiger partial charge in [-0.2, -0.15) is 0 Å². The predicted octanol–water partition coefficient (Wildman–Crippen LogP) is 1.16. The number of rotatable bonds is 11. The minimum Gasteiger partial charge on any atom is -0.389 e. The third-order valence-electron chi connectivity index (χ3n) is 2.97. The summed E-state index contributed by atoms with van der Waals surface area (Å²) < 4.78 is 10.8.